The zero-order valence-corrected chi connectivity index (χ0v) is 11.5. The zero-order chi connectivity index (χ0) is 15.7. The predicted octanol–water partition coefficient (Wildman–Crippen LogP) is 2.49. The van der Waals surface area contributed by atoms with Gasteiger partial charge < -0.3 is 9.67 Å². The van der Waals surface area contributed by atoms with Gasteiger partial charge in [0.1, 0.15) is 0 Å². The van der Waals surface area contributed by atoms with Crippen molar-refractivity contribution in [2.75, 3.05) is 0 Å². The average molecular weight is 293 g/mol. The van der Waals surface area contributed by atoms with Crippen molar-refractivity contribution in [1.82, 2.24) is 4.57 Å². The molecule has 0 aliphatic rings. The average Bonchev–Trinajstić information content (AvgIpc) is 2.38. The summed E-state index contributed by atoms with van der Waals surface area (Å²) in [7, 11) is 0. The van der Waals surface area contributed by atoms with E-state index in [0.29, 0.717) is 11.1 Å². The quantitative estimate of drug-likeness (QED) is 0.946. The number of halogens is 2. The Balaban J connectivity index is 2.54. The summed E-state index contributed by atoms with van der Waals surface area (Å²) in [6, 6.07) is 4.53. The molecule has 2 aromatic rings. The third-order valence-corrected chi connectivity index (χ3v) is 3.31. The van der Waals surface area contributed by atoms with Gasteiger partial charge in [-0.1, -0.05) is 6.07 Å². The van der Waals surface area contributed by atoms with Crippen LogP contribution in [-0.4, -0.2) is 15.6 Å². The fraction of sp³-hybridized carbons (Fsp3) is 0.200. The number of aromatic carboxylic acids is 1. The zero-order valence-electron chi connectivity index (χ0n) is 11.5. The highest BCUT2D eigenvalue weighted by atomic mass is 19.2. The van der Waals surface area contributed by atoms with E-state index < -0.39 is 17.6 Å². The molecule has 0 unspecified atom stereocenters. The molecule has 0 aliphatic heterocycles. The molecule has 21 heavy (non-hydrogen) atoms. The molecule has 0 radical (unpaired) electrons. The highest BCUT2D eigenvalue weighted by Gasteiger charge is 2.16. The standard InChI is InChI=1S/C15H13F2NO3/c1-8-5-13(19)18(9(2)14(8)15(20)21)7-10-3-4-11(16)12(17)6-10/h3-6H,7H2,1-2H3,(H,20,21). The lowest BCUT2D eigenvalue weighted by atomic mass is 10.1. The van der Waals surface area contributed by atoms with Gasteiger partial charge in [0.15, 0.2) is 11.6 Å². The number of aromatic nitrogens is 1. The third-order valence-electron chi connectivity index (χ3n) is 3.31. The molecular weight excluding hydrogens is 280 g/mol. The molecule has 0 bridgehead atoms. The minimum atomic E-state index is -1.14. The lowest BCUT2D eigenvalue weighted by Gasteiger charge is -2.14. The van der Waals surface area contributed by atoms with Gasteiger partial charge in [-0.15, -0.1) is 0 Å². The fourth-order valence-corrected chi connectivity index (χ4v) is 2.26. The van der Waals surface area contributed by atoms with Crippen LogP contribution in [0.5, 0.6) is 0 Å². The number of aryl methyl sites for hydroxylation is 1. The lowest BCUT2D eigenvalue weighted by Crippen LogP contribution is -2.26. The molecule has 1 heterocycles. The number of pyridine rings is 1. The number of hydrogen-bond donors (Lipinski definition) is 1. The van der Waals surface area contributed by atoms with E-state index in [2.05, 4.69) is 0 Å². The number of hydrogen-bond acceptors (Lipinski definition) is 2. The Morgan fingerprint density at radius 1 is 1.19 bits per heavy atom. The molecule has 6 heteroatoms. The summed E-state index contributed by atoms with van der Waals surface area (Å²) in [5, 5.41) is 9.18. The fourth-order valence-electron chi connectivity index (χ4n) is 2.26. The normalized spacial score (nSPS) is 10.7. The van der Waals surface area contributed by atoms with Crippen molar-refractivity contribution in [3.8, 4) is 0 Å². The van der Waals surface area contributed by atoms with Gasteiger partial charge >= 0.3 is 5.97 Å². The molecule has 0 saturated carbocycles. The Morgan fingerprint density at radius 3 is 2.43 bits per heavy atom. The summed E-state index contributed by atoms with van der Waals surface area (Å²) in [5.74, 6) is -3.12. The van der Waals surface area contributed by atoms with E-state index in [4.69, 9.17) is 0 Å². The maximum absolute atomic E-state index is 13.2. The van der Waals surface area contributed by atoms with Crippen LogP contribution in [0.2, 0.25) is 0 Å². The maximum atomic E-state index is 13.2. The van der Waals surface area contributed by atoms with Crippen LogP contribution in [0, 0.1) is 25.5 Å². The Labute approximate surface area is 119 Å². The number of carbonyl (C=O) groups is 1. The van der Waals surface area contributed by atoms with Gasteiger partial charge in [-0.2, -0.15) is 0 Å². The van der Waals surface area contributed by atoms with Crippen molar-refractivity contribution in [3.63, 3.8) is 0 Å². The van der Waals surface area contributed by atoms with E-state index in [0.717, 1.165) is 12.1 Å². The van der Waals surface area contributed by atoms with E-state index >= 15 is 0 Å². The summed E-state index contributed by atoms with van der Waals surface area (Å²) >= 11 is 0. The number of carboxylic acids is 1. The van der Waals surface area contributed by atoms with Crippen LogP contribution in [0.1, 0.15) is 27.2 Å². The first-order chi connectivity index (χ1) is 9.81. The minimum absolute atomic E-state index is 0.0254. The number of carboxylic acid groups (broad SMARTS) is 1. The highest BCUT2D eigenvalue weighted by molar-refractivity contribution is 5.90. The molecule has 1 aromatic carbocycles. The van der Waals surface area contributed by atoms with Crippen LogP contribution in [-0.2, 0) is 6.54 Å². The van der Waals surface area contributed by atoms with E-state index in [9.17, 15) is 23.5 Å². The maximum Gasteiger partial charge on any atom is 0.337 e. The van der Waals surface area contributed by atoms with Gasteiger partial charge in [-0.3, -0.25) is 4.79 Å². The molecule has 0 atom stereocenters. The van der Waals surface area contributed by atoms with Crippen molar-refractivity contribution in [2.24, 2.45) is 0 Å². The SMILES string of the molecule is Cc1cc(=O)n(Cc2ccc(F)c(F)c2)c(C)c1C(=O)O. The second kappa shape index (κ2) is 5.47. The molecule has 0 aliphatic carbocycles. The molecule has 0 saturated heterocycles. The van der Waals surface area contributed by atoms with E-state index in [1.807, 2.05) is 0 Å². The van der Waals surface area contributed by atoms with Crippen LogP contribution < -0.4 is 5.56 Å². The molecule has 110 valence electrons. The molecule has 4 nitrogen and oxygen atoms in total. The van der Waals surface area contributed by atoms with Crippen molar-refractivity contribution >= 4 is 5.97 Å². The summed E-state index contributed by atoms with van der Waals surface area (Å²) in [6.07, 6.45) is 0. The molecular formula is C15H13F2NO3. The van der Waals surface area contributed by atoms with Crippen LogP contribution in [0.15, 0.2) is 29.1 Å². The summed E-state index contributed by atoms with van der Waals surface area (Å²) < 4.78 is 27.3. The first kappa shape index (κ1) is 14.9. The topological polar surface area (TPSA) is 59.3 Å². The van der Waals surface area contributed by atoms with Gasteiger partial charge in [0.2, 0.25) is 0 Å². The highest BCUT2D eigenvalue weighted by Crippen LogP contribution is 2.14. The second-order valence-corrected chi connectivity index (χ2v) is 4.77. The Hall–Kier alpha value is -2.50. The van der Waals surface area contributed by atoms with Crippen molar-refractivity contribution in [3.05, 3.63) is 68.6 Å². The lowest BCUT2D eigenvalue weighted by molar-refractivity contribution is 0.0694. The van der Waals surface area contributed by atoms with Gasteiger partial charge in [-0.05, 0) is 37.1 Å². The van der Waals surface area contributed by atoms with Gasteiger partial charge in [-0.25, -0.2) is 13.6 Å². The van der Waals surface area contributed by atoms with E-state index in [-0.39, 0.29) is 23.4 Å². The summed E-state index contributed by atoms with van der Waals surface area (Å²) in [5.41, 5.74) is 0.667. The van der Waals surface area contributed by atoms with Crippen LogP contribution in [0.3, 0.4) is 0 Å². The molecule has 0 amide bonds. The van der Waals surface area contributed by atoms with E-state index in [1.165, 1.54) is 23.6 Å². The van der Waals surface area contributed by atoms with E-state index in [1.54, 1.807) is 6.92 Å². The third kappa shape index (κ3) is 2.84. The van der Waals surface area contributed by atoms with Crippen LogP contribution >= 0.6 is 0 Å². The second-order valence-electron chi connectivity index (χ2n) is 4.77. The van der Waals surface area contributed by atoms with Gasteiger partial charge in [0.25, 0.3) is 5.56 Å². The molecule has 0 fully saturated rings. The Kier molecular flexibility index (Phi) is 3.88. The monoisotopic (exact) mass is 293 g/mol. The Bertz CT molecular complexity index is 781. The molecule has 0 spiro atoms. The Morgan fingerprint density at radius 2 is 1.86 bits per heavy atom. The number of benzene rings is 1. The summed E-state index contributed by atoms with van der Waals surface area (Å²) in [4.78, 5) is 23.2. The van der Waals surface area contributed by atoms with Crippen molar-refractivity contribution in [1.29, 1.82) is 0 Å². The molecule has 1 aromatic heterocycles. The van der Waals surface area contributed by atoms with Crippen molar-refractivity contribution in [2.45, 2.75) is 20.4 Å². The van der Waals surface area contributed by atoms with Crippen molar-refractivity contribution < 1.29 is 18.7 Å². The first-order valence-electron chi connectivity index (χ1n) is 6.19. The number of rotatable bonds is 3. The predicted molar refractivity (Wildman–Crippen MR) is 72.6 cm³/mol. The molecule has 1 N–H and O–H groups in total. The van der Waals surface area contributed by atoms with Crippen LogP contribution in [0.25, 0.3) is 0 Å². The van der Waals surface area contributed by atoms with Gasteiger partial charge in [0.05, 0.1) is 12.1 Å². The minimum Gasteiger partial charge on any atom is -0.478 e. The van der Waals surface area contributed by atoms with Crippen LogP contribution in [0.4, 0.5) is 8.78 Å². The largest absolute Gasteiger partial charge is 0.478 e. The number of nitrogens with zero attached hydrogens (tertiary/aromatic N) is 1. The van der Waals surface area contributed by atoms with Gasteiger partial charge in [0, 0.05) is 11.8 Å². The first-order valence-corrected chi connectivity index (χ1v) is 6.19. The summed E-state index contributed by atoms with van der Waals surface area (Å²) in [6.45, 7) is 3.03. The molecule has 2 rings (SSSR count). The smallest absolute Gasteiger partial charge is 0.337 e.